The van der Waals surface area contributed by atoms with Crippen molar-refractivity contribution in [3.05, 3.63) is 63.7 Å². The van der Waals surface area contributed by atoms with E-state index < -0.39 is 11.4 Å². The first-order valence-electron chi connectivity index (χ1n) is 9.36. The first-order chi connectivity index (χ1) is 13.9. The van der Waals surface area contributed by atoms with Crippen LogP contribution in [-0.2, 0) is 4.79 Å². The molecule has 2 aromatic carbocycles. The lowest BCUT2D eigenvalue weighted by molar-refractivity contribution is -0.130. The number of hydrogen-bond acceptors (Lipinski definition) is 4. The van der Waals surface area contributed by atoms with Crippen LogP contribution in [0.5, 0.6) is 5.75 Å². The molecule has 1 aliphatic rings. The van der Waals surface area contributed by atoms with E-state index in [1.54, 1.807) is 36.1 Å². The number of nitrogens with zero attached hydrogens (tertiary/aromatic N) is 1. The van der Waals surface area contributed by atoms with Crippen molar-refractivity contribution in [1.82, 2.24) is 4.90 Å². The van der Waals surface area contributed by atoms with Crippen molar-refractivity contribution in [3.8, 4) is 16.9 Å². The second-order valence-electron chi connectivity index (χ2n) is 7.08. The Kier molecular flexibility index (Phi) is 5.28. The number of carbonyl (C=O) groups excluding carboxylic acids is 1. The Morgan fingerprint density at radius 3 is 2.59 bits per heavy atom. The standard InChI is InChI=1S/C22H19ClFNO4/c1-13(26)25-8-6-15(7-9-25)28-16-3-5-18-19(12-22(27)29-21(18)11-16)17-4-2-14(24)10-20(17)23/h2-5,10-12,15H,6-9H2,1H3. The predicted octanol–water partition coefficient (Wildman–Crippen LogP) is 4.64. The van der Waals surface area contributed by atoms with Gasteiger partial charge in [-0.15, -0.1) is 0 Å². The molecule has 0 radical (unpaired) electrons. The van der Waals surface area contributed by atoms with E-state index in [0.717, 1.165) is 12.8 Å². The monoisotopic (exact) mass is 415 g/mol. The fraction of sp³-hybridized carbons (Fsp3) is 0.273. The second kappa shape index (κ2) is 7.87. The third-order valence-electron chi connectivity index (χ3n) is 5.13. The molecule has 0 N–H and O–H groups in total. The third kappa shape index (κ3) is 4.12. The van der Waals surface area contributed by atoms with Gasteiger partial charge < -0.3 is 14.1 Å². The SMILES string of the molecule is CC(=O)N1CCC(Oc2ccc3c(-c4ccc(F)cc4Cl)cc(=O)oc3c2)CC1. The highest BCUT2D eigenvalue weighted by molar-refractivity contribution is 6.33. The highest BCUT2D eigenvalue weighted by atomic mass is 35.5. The van der Waals surface area contributed by atoms with Gasteiger partial charge in [0.15, 0.2) is 0 Å². The molecular formula is C22H19ClFNO4. The summed E-state index contributed by atoms with van der Waals surface area (Å²) in [5, 5.41) is 0.895. The molecule has 0 unspecified atom stereocenters. The first kappa shape index (κ1) is 19.5. The molecule has 150 valence electrons. The molecule has 3 aromatic rings. The van der Waals surface area contributed by atoms with Crippen LogP contribution in [0.25, 0.3) is 22.1 Å². The lowest BCUT2D eigenvalue weighted by Crippen LogP contribution is -2.40. The number of ether oxygens (including phenoxy) is 1. The molecular weight excluding hydrogens is 397 g/mol. The van der Waals surface area contributed by atoms with Gasteiger partial charge in [0, 0.05) is 61.5 Å². The summed E-state index contributed by atoms with van der Waals surface area (Å²) in [6.45, 7) is 2.89. The Hall–Kier alpha value is -2.86. The number of amides is 1. The molecule has 0 aliphatic carbocycles. The number of fused-ring (bicyclic) bond motifs is 1. The number of piperidine rings is 1. The summed E-state index contributed by atoms with van der Waals surface area (Å²) in [6, 6.07) is 10.7. The van der Waals surface area contributed by atoms with Crippen LogP contribution in [-0.4, -0.2) is 30.0 Å². The van der Waals surface area contributed by atoms with E-state index in [0.29, 0.717) is 40.9 Å². The van der Waals surface area contributed by atoms with Crippen LogP contribution in [0.3, 0.4) is 0 Å². The molecule has 5 nitrogen and oxygen atoms in total. The third-order valence-corrected chi connectivity index (χ3v) is 5.44. The molecule has 0 atom stereocenters. The molecule has 29 heavy (non-hydrogen) atoms. The molecule has 2 heterocycles. The summed E-state index contributed by atoms with van der Waals surface area (Å²) in [6.07, 6.45) is 1.48. The molecule has 1 aliphatic heterocycles. The number of halogens is 2. The van der Waals surface area contributed by atoms with Crippen molar-refractivity contribution in [3.63, 3.8) is 0 Å². The molecule has 0 spiro atoms. The Morgan fingerprint density at radius 1 is 1.14 bits per heavy atom. The second-order valence-corrected chi connectivity index (χ2v) is 7.49. The van der Waals surface area contributed by atoms with E-state index in [2.05, 4.69) is 0 Å². The average Bonchev–Trinajstić information content (AvgIpc) is 2.67. The highest BCUT2D eigenvalue weighted by Gasteiger charge is 2.22. The lowest BCUT2D eigenvalue weighted by Gasteiger charge is -2.31. The zero-order chi connectivity index (χ0) is 20.5. The first-order valence-corrected chi connectivity index (χ1v) is 9.74. The molecule has 1 fully saturated rings. The Bertz CT molecular complexity index is 1140. The Balaban J connectivity index is 1.63. The minimum absolute atomic E-state index is 0.00972. The molecule has 4 rings (SSSR count). The number of rotatable bonds is 3. The van der Waals surface area contributed by atoms with Gasteiger partial charge >= 0.3 is 5.63 Å². The van der Waals surface area contributed by atoms with Gasteiger partial charge in [-0.2, -0.15) is 0 Å². The fourth-order valence-electron chi connectivity index (χ4n) is 3.63. The largest absolute Gasteiger partial charge is 0.490 e. The maximum atomic E-state index is 13.4. The van der Waals surface area contributed by atoms with Crippen LogP contribution in [0.15, 0.2) is 51.7 Å². The van der Waals surface area contributed by atoms with Crippen LogP contribution < -0.4 is 10.4 Å². The minimum Gasteiger partial charge on any atom is -0.490 e. The predicted molar refractivity (Wildman–Crippen MR) is 109 cm³/mol. The zero-order valence-corrected chi connectivity index (χ0v) is 16.5. The van der Waals surface area contributed by atoms with Crippen molar-refractivity contribution in [2.45, 2.75) is 25.9 Å². The normalized spacial score (nSPS) is 14.9. The van der Waals surface area contributed by atoms with E-state index in [4.69, 9.17) is 20.8 Å². The van der Waals surface area contributed by atoms with Crippen LogP contribution >= 0.6 is 11.6 Å². The van der Waals surface area contributed by atoms with Crippen LogP contribution in [0.2, 0.25) is 5.02 Å². The molecule has 7 heteroatoms. The highest BCUT2D eigenvalue weighted by Crippen LogP contribution is 2.34. The average molecular weight is 416 g/mol. The molecule has 1 saturated heterocycles. The number of hydrogen-bond donors (Lipinski definition) is 0. The lowest BCUT2D eigenvalue weighted by atomic mass is 10.0. The molecule has 0 saturated carbocycles. The van der Waals surface area contributed by atoms with Gasteiger partial charge in [0.25, 0.3) is 0 Å². The van der Waals surface area contributed by atoms with E-state index in [1.165, 1.54) is 18.2 Å². The van der Waals surface area contributed by atoms with Crippen LogP contribution in [0, 0.1) is 5.82 Å². The maximum Gasteiger partial charge on any atom is 0.336 e. The number of benzene rings is 2. The summed E-state index contributed by atoms with van der Waals surface area (Å²) >= 11 is 6.19. The van der Waals surface area contributed by atoms with Gasteiger partial charge in [0.1, 0.15) is 23.3 Å². The summed E-state index contributed by atoms with van der Waals surface area (Å²) in [4.78, 5) is 25.3. The molecule has 1 amide bonds. The van der Waals surface area contributed by atoms with Gasteiger partial charge in [0.2, 0.25) is 5.91 Å². The van der Waals surface area contributed by atoms with Crippen molar-refractivity contribution < 1.29 is 18.3 Å². The summed E-state index contributed by atoms with van der Waals surface area (Å²) in [5.41, 5.74) is 0.963. The van der Waals surface area contributed by atoms with Crippen molar-refractivity contribution in [2.24, 2.45) is 0 Å². The smallest absolute Gasteiger partial charge is 0.336 e. The topological polar surface area (TPSA) is 59.8 Å². The van der Waals surface area contributed by atoms with E-state index in [9.17, 15) is 14.0 Å². The van der Waals surface area contributed by atoms with E-state index in [1.807, 2.05) is 0 Å². The number of likely N-dealkylation sites (tertiary alicyclic amines) is 1. The van der Waals surface area contributed by atoms with Gasteiger partial charge in [0.05, 0.1) is 5.02 Å². The van der Waals surface area contributed by atoms with E-state index >= 15 is 0 Å². The minimum atomic E-state index is -0.528. The van der Waals surface area contributed by atoms with Crippen molar-refractivity contribution in [1.29, 1.82) is 0 Å². The summed E-state index contributed by atoms with van der Waals surface area (Å²) in [5.74, 6) is 0.213. The quantitative estimate of drug-likeness (QED) is 0.584. The Morgan fingerprint density at radius 2 is 1.90 bits per heavy atom. The van der Waals surface area contributed by atoms with Crippen molar-refractivity contribution in [2.75, 3.05) is 13.1 Å². The zero-order valence-electron chi connectivity index (χ0n) is 15.8. The maximum absolute atomic E-state index is 13.4. The van der Waals surface area contributed by atoms with Crippen LogP contribution in [0.4, 0.5) is 4.39 Å². The summed E-state index contributed by atoms with van der Waals surface area (Å²) in [7, 11) is 0. The van der Waals surface area contributed by atoms with Gasteiger partial charge in [-0.1, -0.05) is 11.6 Å². The molecule has 0 bridgehead atoms. The fourth-order valence-corrected chi connectivity index (χ4v) is 3.90. The van der Waals surface area contributed by atoms with Gasteiger partial charge in [-0.25, -0.2) is 9.18 Å². The summed E-state index contributed by atoms with van der Waals surface area (Å²) < 4.78 is 24.8. The van der Waals surface area contributed by atoms with Crippen LogP contribution in [0.1, 0.15) is 19.8 Å². The molecule has 1 aromatic heterocycles. The van der Waals surface area contributed by atoms with Gasteiger partial charge in [-0.05, 0) is 30.3 Å². The Labute approximate surface area is 171 Å². The van der Waals surface area contributed by atoms with Crippen molar-refractivity contribution >= 4 is 28.5 Å². The van der Waals surface area contributed by atoms with Gasteiger partial charge in [-0.3, -0.25) is 4.79 Å². The van der Waals surface area contributed by atoms with E-state index in [-0.39, 0.29) is 17.0 Å². The number of carbonyl (C=O) groups is 1.